The van der Waals surface area contributed by atoms with Crippen molar-refractivity contribution in [2.45, 2.75) is 71.6 Å². The lowest BCUT2D eigenvalue weighted by atomic mass is 9.71. The zero-order valence-electron chi connectivity index (χ0n) is 10.9. The second-order valence-electron chi connectivity index (χ2n) is 6.26. The van der Waals surface area contributed by atoms with Crippen LogP contribution in [0.25, 0.3) is 0 Å². The van der Waals surface area contributed by atoms with Crippen LogP contribution in [0, 0.1) is 17.3 Å². The maximum Gasteiger partial charge on any atom is 0.141 e. The van der Waals surface area contributed by atoms with E-state index in [1.165, 1.54) is 44.9 Å². The van der Waals surface area contributed by atoms with Crippen LogP contribution in [0.2, 0.25) is 0 Å². The van der Waals surface area contributed by atoms with Gasteiger partial charge in [0, 0.05) is 11.3 Å². The lowest BCUT2D eigenvalue weighted by Crippen LogP contribution is -2.33. The van der Waals surface area contributed by atoms with Crippen molar-refractivity contribution in [2.24, 2.45) is 17.3 Å². The first kappa shape index (κ1) is 12.1. The van der Waals surface area contributed by atoms with Crippen LogP contribution < -0.4 is 0 Å². The highest BCUT2D eigenvalue weighted by molar-refractivity contribution is 5.87. The normalized spacial score (nSPS) is 33.9. The van der Waals surface area contributed by atoms with Crippen LogP contribution in [0.1, 0.15) is 71.6 Å². The monoisotopic (exact) mass is 222 g/mol. The van der Waals surface area contributed by atoms with Crippen molar-refractivity contribution >= 4 is 5.78 Å². The number of ketones is 1. The Morgan fingerprint density at radius 3 is 2.19 bits per heavy atom. The van der Waals surface area contributed by atoms with E-state index in [1.54, 1.807) is 0 Å². The van der Waals surface area contributed by atoms with Gasteiger partial charge in [0.1, 0.15) is 5.78 Å². The molecule has 1 nitrogen and oxygen atoms in total. The summed E-state index contributed by atoms with van der Waals surface area (Å²) in [6.07, 6.45) is 11.1. The van der Waals surface area contributed by atoms with E-state index in [9.17, 15) is 4.79 Å². The van der Waals surface area contributed by atoms with Crippen LogP contribution in [0.15, 0.2) is 0 Å². The Bertz CT molecular complexity index is 242. The Balaban J connectivity index is 1.91. The minimum Gasteiger partial charge on any atom is -0.299 e. The molecule has 2 aliphatic rings. The molecule has 0 aromatic carbocycles. The van der Waals surface area contributed by atoms with Crippen LogP contribution >= 0.6 is 0 Å². The number of hydrogen-bond acceptors (Lipinski definition) is 1. The van der Waals surface area contributed by atoms with E-state index in [0.29, 0.717) is 11.7 Å². The molecule has 0 unspecified atom stereocenters. The van der Waals surface area contributed by atoms with Gasteiger partial charge in [-0.3, -0.25) is 4.79 Å². The first-order valence-electron chi connectivity index (χ1n) is 7.20. The molecule has 0 spiro atoms. The molecule has 2 rings (SSSR count). The van der Waals surface area contributed by atoms with Crippen LogP contribution in [-0.2, 0) is 4.79 Å². The molecule has 2 saturated carbocycles. The highest BCUT2D eigenvalue weighted by atomic mass is 16.1. The Morgan fingerprint density at radius 2 is 1.69 bits per heavy atom. The van der Waals surface area contributed by atoms with Gasteiger partial charge in [-0.15, -0.1) is 0 Å². The third-order valence-corrected chi connectivity index (χ3v) is 5.10. The Labute approximate surface area is 100.0 Å². The lowest BCUT2D eigenvalue weighted by molar-refractivity contribution is -0.133. The topological polar surface area (TPSA) is 17.1 Å². The molecule has 2 fully saturated rings. The Morgan fingerprint density at radius 1 is 1.12 bits per heavy atom. The quantitative estimate of drug-likeness (QED) is 0.693. The van der Waals surface area contributed by atoms with Crippen LogP contribution in [-0.4, -0.2) is 5.78 Å². The SMILES string of the molecule is CCC1CCC(C(=O)C2(C)CCCC2)CC1. The van der Waals surface area contributed by atoms with E-state index >= 15 is 0 Å². The molecule has 0 bridgehead atoms. The zero-order chi connectivity index (χ0) is 11.6. The standard InChI is InChI=1S/C15H26O/c1-3-12-6-8-13(9-7-12)14(16)15(2)10-4-5-11-15/h12-13H,3-11H2,1-2H3. The number of rotatable bonds is 3. The fraction of sp³-hybridized carbons (Fsp3) is 0.933. The second kappa shape index (κ2) is 4.89. The smallest absolute Gasteiger partial charge is 0.141 e. The number of hydrogen-bond donors (Lipinski definition) is 0. The molecule has 0 aliphatic heterocycles. The maximum atomic E-state index is 12.5. The average molecular weight is 222 g/mol. The van der Waals surface area contributed by atoms with Gasteiger partial charge in [0.25, 0.3) is 0 Å². The fourth-order valence-corrected chi connectivity index (χ4v) is 3.73. The summed E-state index contributed by atoms with van der Waals surface area (Å²) in [5, 5.41) is 0. The fourth-order valence-electron chi connectivity index (χ4n) is 3.73. The van der Waals surface area contributed by atoms with Crippen LogP contribution in [0.3, 0.4) is 0 Å². The predicted molar refractivity (Wildman–Crippen MR) is 67.3 cm³/mol. The largest absolute Gasteiger partial charge is 0.299 e. The molecule has 0 aromatic rings. The minimum absolute atomic E-state index is 0.0592. The van der Waals surface area contributed by atoms with Crippen molar-refractivity contribution in [1.29, 1.82) is 0 Å². The number of carbonyl (C=O) groups is 1. The van der Waals surface area contributed by atoms with Crippen molar-refractivity contribution in [3.8, 4) is 0 Å². The van der Waals surface area contributed by atoms with Gasteiger partial charge in [-0.05, 0) is 44.4 Å². The summed E-state index contributed by atoms with van der Waals surface area (Å²) in [6, 6.07) is 0. The highest BCUT2D eigenvalue weighted by Gasteiger charge is 2.40. The van der Waals surface area contributed by atoms with Crippen molar-refractivity contribution in [1.82, 2.24) is 0 Å². The molecule has 0 heterocycles. The molecule has 16 heavy (non-hydrogen) atoms. The summed E-state index contributed by atoms with van der Waals surface area (Å²) in [5.74, 6) is 1.92. The highest BCUT2D eigenvalue weighted by Crippen LogP contribution is 2.43. The van der Waals surface area contributed by atoms with Crippen molar-refractivity contribution in [3.05, 3.63) is 0 Å². The van der Waals surface area contributed by atoms with Gasteiger partial charge in [0.2, 0.25) is 0 Å². The van der Waals surface area contributed by atoms with Crippen LogP contribution in [0.4, 0.5) is 0 Å². The molecule has 0 aromatic heterocycles. The molecule has 2 aliphatic carbocycles. The molecule has 0 saturated heterocycles. The van der Waals surface area contributed by atoms with Crippen molar-refractivity contribution in [3.63, 3.8) is 0 Å². The summed E-state index contributed by atoms with van der Waals surface area (Å²) < 4.78 is 0. The van der Waals surface area contributed by atoms with E-state index in [4.69, 9.17) is 0 Å². The maximum absolute atomic E-state index is 12.5. The zero-order valence-corrected chi connectivity index (χ0v) is 10.9. The molecule has 1 heteroatoms. The average Bonchev–Trinajstić information content (AvgIpc) is 2.77. The molecular formula is C15H26O. The van der Waals surface area contributed by atoms with E-state index in [2.05, 4.69) is 13.8 Å². The van der Waals surface area contributed by atoms with Gasteiger partial charge in [0.15, 0.2) is 0 Å². The molecular weight excluding hydrogens is 196 g/mol. The van der Waals surface area contributed by atoms with E-state index in [0.717, 1.165) is 18.8 Å². The summed E-state index contributed by atoms with van der Waals surface area (Å²) in [7, 11) is 0. The summed E-state index contributed by atoms with van der Waals surface area (Å²) in [4.78, 5) is 12.5. The van der Waals surface area contributed by atoms with Gasteiger partial charge >= 0.3 is 0 Å². The number of carbonyl (C=O) groups excluding carboxylic acids is 1. The lowest BCUT2D eigenvalue weighted by Gasteiger charge is -2.32. The van der Waals surface area contributed by atoms with E-state index in [1.807, 2.05) is 0 Å². The molecule has 92 valence electrons. The summed E-state index contributed by atoms with van der Waals surface area (Å²) in [5.41, 5.74) is 0.0592. The first-order valence-corrected chi connectivity index (χ1v) is 7.20. The van der Waals surface area contributed by atoms with Gasteiger partial charge in [-0.1, -0.05) is 33.1 Å². The predicted octanol–water partition coefficient (Wildman–Crippen LogP) is 4.35. The molecule has 0 N–H and O–H groups in total. The first-order chi connectivity index (χ1) is 7.65. The molecule has 0 atom stereocenters. The van der Waals surface area contributed by atoms with Crippen molar-refractivity contribution in [2.75, 3.05) is 0 Å². The number of Topliss-reactive ketones (excluding diaryl/α,β-unsaturated/α-hetero) is 1. The van der Waals surface area contributed by atoms with Gasteiger partial charge < -0.3 is 0 Å². The summed E-state index contributed by atoms with van der Waals surface area (Å²) >= 11 is 0. The third kappa shape index (κ3) is 2.33. The van der Waals surface area contributed by atoms with E-state index < -0.39 is 0 Å². The van der Waals surface area contributed by atoms with Gasteiger partial charge in [-0.25, -0.2) is 0 Å². The second-order valence-corrected chi connectivity index (χ2v) is 6.26. The van der Waals surface area contributed by atoms with E-state index in [-0.39, 0.29) is 5.41 Å². The van der Waals surface area contributed by atoms with Gasteiger partial charge in [-0.2, -0.15) is 0 Å². The molecule has 0 amide bonds. The molecule has 0 radical (unpaired) electrons. The summed E-state index contributed by atoms with van der Waals surface area (Å²) in [6.45, 7) is 4.50. The van der Waals surface area contributed by atoms with Crippen molar-refractivity contribution < 1.29 is 4.79 Å². The third-order valence-electron chi connectivity index (χ3n) is 5.10. The minimum atomic E-state index is 0.0592. The Hall–Kier alpha value is -0.330. The Kier molecular flexibility index (Phi) is 3.71. The van der Waals surface area contributed by atoms with Crippen LogP contribution in [0.5, 0.6) is 0 Å². The van der Waals surface area contributed by atoms with Gasteiger partial charge in [0.05, 0.1) is 0 Å².